The van der Waals surface area contributed by atoms with Gasteiger partial charge in [0.2, 0.25) is 5.91 Å². The Hall–Kier alpha value is -4.99. The topological polar surface area (TPSA) is 138 Å². The fourth-order valence-corrected chi connectivity index (χ4v) is 3.77. The van der Waals surface area contributed by atoms with Crippen molar-refractivity contribution in [2.75, 3.05) is 18.4 Å². The lowest BCUT2D eigenvalue weighted by Crippen LogP contribution is -2.48. The molecule has 0 bridgehead atoms. The van der Waals surface area contributed by atoms with Crippen molar-refractivity contribution < 1.29 is 19.5 Å². The standard InChI is InChI=1S/C28H28N6O4/c35-26(13-10-20-7-2-1-3-8-20)33-23(28(37)38)19-31-27(36)21-11-12-24-22(17-21)18-32-34(24)16-6-15-30-25-9-4-5-14-29-25/h1-5,7-14,17-18,23H,6,15-16,19H2,(H,29,30)(H,31,36)(H,33,35)(H,37,38)/t23-/m0/s1. The van der Waals surface area contributed by atoms with Crippen LogP contribution in [0.4, 0.5) is 5.82 Å². The minimum atomic E-state index is -1.28. The number of nitrogens with one attached hydrogen (secondary N) is 3. The Morgan fingerprint density at radius 3 is 2.61 bits per heavy atom. The first kappa shape index (κ1) is 26.1. The van der Waals surface area contributed by atoms with Gasteiger partial charge in [0.15, 0.2) is 0 Å². The molecule has 38 heavy (non-hydrogen) atoms. The number of carboxylic acids is 1. The van der Waals surface area contributed by atoms with E-state index in [1.54, 1.807) is 30.6 Å². The van der Waals surface area contributed by atoms with Crippen molar-refractivity contribution in [3.05, 3.63) is 96.3 Å². The number of hydrogen-bond donors (Lipinski definition) is 4. The third kappa shape index (κ3) is 7.26. The predicted octanol–water partition coefficient (Wildman–Crippen LogP) is 2.95. The molecule has 0 saturated carbocycles. The average molecular weight is 513 g/mol. The minimum absolute atomic E-state index is 0.264. The van der Waals surface area contributed by atoms with Crippen LogP contribution >= 0.6 is 0 Å². The Bertz CT molecular complexity index is 1420. The van der Waals surface area contributed by atoms with Gasteiger partial charge in [0.25, 0.3) is 5.91 Å². The molecule has 10 nitrogen and oxygen atoms in total. The van der Waals surface area contributed by atoms with E-state index in [1.165, 1.54) is 6.08 Å². The summed E-state index contributed by atoms with van der Waals surface area (Å²) in [6.07, 6.45) is 7.10. The van der Waals surface area contributed by atoms with Gasteiger partial charge < -0.3 is 21.1 Å². The van der Waals surface area contributed by atoms with E-state index in [2.05, 4.69) is 26.0 Å². The quantitative estimate of drug-likeness (QED) is 0.169. The van der Waals surface area contributed by atoms with Crippen molar-refractivity contribution >= 4 is 40.6 Å². The van der Waals surface area contributed by atoms with Crippen molar-refractivity contribution in [2.45, 2.75) is 19.0 Å². The first-order valence-corrected chi connectivity index (χ1v) is 12.1. The van der Waals surface area contributed by atoms with E-state index >= 15 is 0 Å². The van der Waals surface area contributed by atoms with Gasteiger partial charge in [-0.25, -0.2) is 9.78 Å². The van der Waals surface area contributed by atoms with Gasteiger partial charge in [-0.2, -0.15) is 5.10 Å². The Balaban J connectivity index is 1.29. The van der Waals surface area contributed by atoms with Crippen molar-refractivity contribution in [3.63, 3.8) is 0 Å². The summed E-state index contributed by atoms with van der Waals surface area (Å²) in [7, 11) is 0. The summed E-state index contributed by atoms with van der Waals surface area (Å²) in [4.78, 5) is 40.7. The van der Waals surface area contributed by atoms with Crippen LogP contribution in [-0.2, 0) is 16.1 Å². The van der Waals surface area contributed by atoms with Gasteiger partial charge in [0, 0.05) is 42.9 Å². The van der Waals surface area contributed by atoms with Crippen LogP contribution in [0, 0.1) is 0 Å². The van der Waals surface area contributed by atoms with Gasteiger partial charge >= 0.3 is 5.97 Å². The molecule has 0 aliphatic rings. The normalized spacial score (nSPS) is 11.8. The number of aromatic nitrogens is 3. The number of carbonyl (C=O) groups excluding carboxylic acids is 2. The molecule has 2 aromatic heterocycles. The first-order chi connectivity index (χ1) is 18.5. The van der Waals surface area contributed by atoms with Crippen LogP contribution in [0.1, 0.15) is 22.3 Å². The molecule has 0 fully saturated rings. The van der Waals surface area contributed by atoms with Crippen LogP contribution in [-0.4, -0.2) is 56.8 Å². The molecule has 4 aromatic rings. The van der Waals surface area contributed by atoms with E-state index in [0.717, 1.165) is 35.2 Å². The molecule has 194 valence electrons. The van der Waals surface area contributed by atoms with Gasteiger partial charge in [-0.05, 0) is 48.4 Å². The van der Waals surface area contributed by atoms with Crippen molar-refractivity contribution in [3.8, 4) is 0 Å². The molecule has 0 saturated heterocycles. The zero-order chi connectivity index (χ0) is 26.7. The van der Waals surface area contributed by atoms with Crippen LogP contribution in [0.3, 0.4) is 0 Å². The molecular formula is C28H28N6O4. The molecule has 4 N–H and O–H groups in total. The van der Waals surface area contributed by atoms with Crippen LogP contribution < -0.4 is 16.0 Å². The van der Waals surface area contributed by atoms with Crippen LogP contribution in [0.25, 0.3) is 17.0 Å². The highest BCUT2D eigenvalue weighted by molar-refractivity contribution is 5.98. The number of rotatable bonds is 12. The van der Waals surface area contributed by atoms with Crippen molar-refractivity contribution in [2.24, 2.45) is 0 Å². The number of anilines is 1. The molecule has 0 spiro atoms. The number of fused-ring (bicyclic) bond motifs is 1. The van der Waals surface area contributed by atoms with Crippen LogP contribution in [0.5, 0.6) is 0 Å². The van der Waals surface area contributed by atoms with E-state index < -0.39 is 23.8 Å². The number of pyridine rings is 1. The number of carbonyl (C=O) groups is 3. The summed E-state index contributed by atoms with van der Waals surface area (Å²) in [5.41, 5.74) is 2.07. The lowest BCUT2D eigenvalue weighted by Gasteiger charge is -2.14. The lowest BCUT2D eigenvalue weighted by atomic mass is 10.1. The molecule has 0 unspecified atom stereocenters. The monoisotopic (exact) mass is 512 g/mol. The minimum Gasteiger partial charge on any atom is -0.480 e. The maximum atomic E-state index is 12.7. The summed E-state index contributed by atoms with van der Waals surface area (Å²) in [5, 5.41) is 22.9. The smallest absolute Gasteiger partial charge is 0.328 e. The second kappa shape index (κ2) is 12.8. The molecular weight excluding hydrogens is 484 g/mol. The Morgan fingerprint density at radius 2 is 1.84 bits per heavy atom. The Labute approximate surface area is 219 Å². The fourth-order valence-electron chi connectivity index (χ4n) is 3.77. The average Bonchev–Trinajstić information content (AvgIpc) is 3.35. The van der Waals surface area contributed by atoms with Gasteiger partial charge in [-0.1, -0.05) is 36.4 Å². The largest absolute Gasteiger partial charge is 0.480 e. The van der Waals surface area contributed by atoms with Crippen LogP contribution in [0.2, 0.25) is 0 Å². The van der Waals surface area contributed by atoms with Gasteiger partial charge in [-0.3, -0.25) is 14.3 Å². The van der Waals surface area contributed by atoms with Gasteiger partial charge in [-0.15, -0.1) is 0 Å². The summed E-state index contributed by atoms with van der Waals surface area (Å²) in [6, 6.07) is 18.8. The molecule has 2 heterocycles. The zero-order valence-corrected chi connectivity index (χ0v) is 20.6. The zero-order valence-electron chi connectivity index (χ0n) is 20.6. The van der Waals surface area contributed by atoms with Gasteiger partial charge in [0.1, 0.15) is 11.9 Å². The maximum Gasteiger partial charge on any atom is 0.328 e. The highest BCUT2D eigenvalue weighted by Gasteiger charge is 2.20. The third-order valence-electron chi connectivity index (χ3n) is 5.73. The van der Waals surface area contributed by atoms with E-state index in [-0.39, 0.29) is 6.54 Å². The summed E-state index contributed by atoms with van der Waals surface area (Å²) >= 11 is 0. The number of aliphatic carboxylic acids is 1. The molecule has 4 rings (SSSR count). The highest BCUT2D eigenvalue weighted by atomic mass is 16.4. The van der Waals surface area contributed by atoms with E-state index in [9.17, 15) is 19.5 Å². The number of carboxylic acid groups (broad SMARTS) is 1. The lowest BCUT2D eigenvalue weighted by molar-refractivity contribution is -0.141. The SMILES string of the molecule is O=C(C=Cc1ccccc1)N[C@@H](CNC(=O)c1ccc2c(cnn2CCCNc2ccccn2)c1)C(=O)O. The summed E-state index contributed by atoms with van der Waals surface area (Å²) in [6.45, 7) is 1.16. The molecule has 0 aliphatic heterocycles. The van der Waals surface area contributed by atoms with Crippen molar-refractivity contribution in [1.29, 1.82) is 0 Å². The molecule has 0 radical (unpaired) electrons. The maximum absolute atomic E-state index is 12.7. The number of nitrogens with zero attached hydrogens (tertiary/aromatic N) is 3. The van der Waals surface area contributed by atoms with Crippen molar-refractivity contribution in [1.82, 2.24) is 25.4 Å². The van der Waals surface area contributed by atoms with E-state index in [1.807, 2.05) is 59.3 Å². The van der Waals surface area contributed by atoms with E-state index in [0.29, 0.717) is 12.1 Å². The van der Waals surface area contributed by atoms with Gasteiger partial charge in [0.05, 0.1) is 11.7 Å². The number of hydrogen-bond acceptors (Lipinski definition) is 6. The van der Waals surface area contributed by atoms with Crippen LogP contribution in [0.15, 0.2) is 85.2 Å². The molecule has 0 aliphatic carbocycles. The van der Waals surface area contributed by atoms with E-state index in [4.69, 9.17) is 0 Å². The molecule has 2 aromatic carbocycles. The predicted molar refractivity (Wildman–Crippen MR) is 144 cm³/mol. The number of benzene rings is 2. The third-order valence-corrected chi connectivity index (χ3v) is 5.73. The second-order valence-electron chi connectivity index (χ2n) is 8.49. The Morgan fingerprint density at radius 1 is 1.03 bits per heavy atom. The number of aryl methyl sites for hydroxylation is 1. The summed E-state index contributed by atoms with van der Waals surface area (Å²) < 4.78 is 1.87. The fraction of sp³-hybridized carbons (Fsp3) is 0.179. The molecule has 1 atom stereocenters. The Kier molecular flexibility index (Phi) is 8.80. The summed E-state index contributed by atoms with van der Waals surface area (Å²) in [5.74, 6) is -1.44. The molecule has 10 heteroatoms. The highest BCUT2D eigenvalue weighted by Crippen LogP contribution is 2.16. The first-order valence-electron chi connectivity index (χ1n) is 12.1. The second-order valence-corrected chi connectivity index (χ2v) is 8.49. The molecule has 2 amide bonds. The number of amides is 2.